The van der Waals surface area contributed by atoms with Crippen LogP contribution in [0.4, 0.5) is 4.79 Å². The molecule has 2 aliphatic rings. The Kier molecular flexibility index (Phi) is 6.60. The molecule has 7 nitrogen and oxygen atoms in total. The number of likely N-dealkylation sites (tertiary alicyclic amines) is 1. The third kappa shape index (κ3) is 5.03. The number of ether oxygens (including phenoxy) is 2. The number of piperidine rings is 1. The zero-order valence-corrected chi connectivity index (χ0v) is 15.8. The van der Waals surface area contributed by atoms with E-state index in [1.807, 2.05) is 11.8 Å². The van der Waals surface area contributed by atoms with Gasteiger partial charge in [0.1, 0.15) is 6.10 Å². The first-order valence-electron chi connectivity index (χ1n) is 9.08. The topological polar surface area (TPSA) is 80.8 Å². The molecule has 0 bridgehead atoms. The van der Waals surface area contributed by atoms with E-state index >= 15 is 0 Å². The first-order chi connectivity index (χ1) is 12.7. The number of nitrogens with zero attached hydrogens (tertiary/aromatic N) is 2. The van der Waals surface area contributed by atoms with E-state index in [4.69, 9.17) is 9.47 Å². The number of thioether (sulfide) groups is 1. The van der Waals surface area contributed by atoms with Crippen LogP contribution in [0.15, 0.2) is 18.3 Å². The summed E-state index contributed by atoms with van der Waals surface area (Å²) in [7, 11) is 0. The van der Waals surface area contributed by atoms with E-state index in [-0.39, 0.29) is 24.1 Å². The molecule has 0 saturated carbocycles. The van der Waals surface area contributed by atoms with Gasteiger partial charge >= 0.3 is 6.09 Å². The Morgan fingerprint density at radius 1 is 1.31 bits per heavy atom. The predicted molar refractivity (Wildman–Crippen MR) is 99.7 cm³/mol. The normalized spacial score (nSPS) is 20.7. The van der Waals surface area contributed by atoms with Gasteiger partial charge in [0.05, 0.1) is 12.2 Å². The highest BCUT2D eigenvalue weighted by Gasteiger charge is 2.25. The Hall–Kier alpha value is -1.96. The van der Waals surface area contributed by atoms with Crippen LogP contribution in [0.2, 0.25) is 0 Å². The van der Waals surface area contributed by atoms with Crippen LogP contribution in [0, 0.1) is 0 Å². The summed E-state index contributed by atoms with van der Waals surface area (Å²) in [4.78, 5) is 30.0. The molecule has 2 saturated heterocycles. The lowest BCUT2D eigenvalue weighted by molar-refractivity contribution is 0.0860. The van der Waals surface area contributed by atoms with Gasteiger partial charge in [-0.25, -0.2) is 9.78 Å². The van der Waals surface area contributed by atoms with Crippen LogP contribution in [0.5, 0.6) is 5.88 Å². The van der Waals surface area contributed by atoms with E-state index in [0.29, 0.717) is 31.1 Å². The van der Waals surface area contributed by atoms with Gasteiger partial charge in [0.2, 0.25) is 5.88 Å². The fraction of sp³-hybridized carbons (Fsp3) is 0.611. The Balaban J connectivity index is 1.45. The smallest absolute Gasteiger partial charge is 0.409 e. The maximum Gasteiger partial charge on any atom is 0.409 e. The minimum Gasteiger partial charge on any atom is -0.473 e. The SMILES string of the molecule is CCOC(=O)N1CCC(NC(=O)c2ccc(O[C@H]3CCSC3)nc2)CC1. The number of carbonyl (C=O) groups is 2. The Bertz CT molecular complexity index is 611. The molecule has 0 unspecified atom stereocenters. The van der Waals surface area contributed by atoms with Gasteiger partial charge in [0.25, 0.3) is 5.91 Å². The molecule has 2 aliphatic heterocycles. The van der Waals surface area contributed by atoms with E-state index < -0.39 is 0 Å². The van der Waals surface area contributed by atoms with Gasteiger partial charge in [-0.3, -0.25) is 4.79 Å². The van der Waals surface area contributed by atoms with E-state index in [1.54, 1.807) is 30.2 Å². The minimum atomic E-state index is -0.280. The molecule has 0 aliphatic carbocycles. The molecular weight excluding hydrogens is 354 g/mol. The minimum absolute atomic E-state index is 0.0552. The molecule has 2 fully saturated rings. The number of aromatic nitrogens is 1. The molecule has 3 rings (SSSR count). The summed E-state index contributed by atoms with van der Waals surface area (Å²) in [6.45, 7) is 3.35. The maximum atomic E-state index is 12.4. The number of carbonyl (C=O) groups excluding carboxylic acids is 2. The van der Waals surface area contributed by atoms with Crippen LogP contribution in [-0.2, 0) is 4.74 Å². The van der Waals surface area contributed by atoms with E-state index in [2.05, 4.69) is 10.3 Å². The van der Waals surface area contributed by atoms with Gasteiger partial charge in [-0.1, -0.05) is 0 Å². The molecule has 2 amide bonds. The summed E-state index contributed by atoms with van der Waals surface area (Å²) in [6, 6.07) is 3.55. The fourth-order valence-corrected chi connectivity index (χ4v) is 4.14. The fourth-order valence-electron chi connectivity index (χ4n) is 3.05. The molecule has 1 N–H and O–H groups in total. The van der Waals surface area contributed by atoms with Crippen LogP contribution in [0.1, 0.15) is 36.5 Å². The van der Waals surface area contributed by atoms with E-state index in [1.165, 1.54) is 0 Å². The summed E-state index contributed by atoms with van der Waals surface area (Å²) in [5.41, 5.74) is 0.519. The monoisotopic (exact) mass is 379 g/mol. The molecule has 8 heteroatoms. The van der Waals surface area contributed by atoms with Gasteiger partial charge in [-0.15, -0.1) is 0 Å². The predicted octanol–water partition coefficient (Wildman–Crippen LogP) is 2.32. The zero-order valence-electron chi connectivity index (χ0n) is 15.0. The molecule has 26 heavy (non-hydrogen) atoms. The summed E-state index contributed by atoms with van der Waals surface area (Å²) in [5.74, 6) is 2.54. The van der Waals surface area contributed by atoms with Gasteiger partial charge in [-0.2, -0.15) is 11.8 Å². The average molecular weight is 379 g/mol. The lowest BCUT2D eigenvalue weighted by Gasteiger charge is -2.31. The molecule has 0 aromatic carbocycles. The quantitative estimate of drug-likeness (QED) is 0.846. The number of amides is 2. The van der Waals surface area contributed by atoms with Crippen molar-refractivity contribution in [3.05, 3.63) is 23.9 Å². The molecule has 3 heterocycles. The summed E-state index contributed by atoms with van der Waals surface area (Å²) >= 11 is 1.88. The second-order valence-electron chi connectivity index (χ2n) is 6.42. The molecule has 1 aromatic rings. The molecule has 0 radical (unpaired) electrons. The average Bonchev–Trinajstić information content (AvgIpc) is 3.16. The van der Waals surface area contributed by atoms with Crippen LogP contribution in [-0.4, -0.2) is 65.2 Å². The Labute approximate surface area is 157 Å². The highest BCUT2D eigenvalue weighted by atomic mass is 32.2. The standard InChI is InChI=1S/C18H25N3O4S/c1-2-24-18(23)21-8-5-14(6-9-21)20-17(22)13-3-4-16(19-11-13)25-15-7-10-26-12-15/h3-4,11,14-15H,2,5-10,12H2,1H3,(H,20,22)/t15-/m0/s1. The maximum absolute atomic E-state index is 12.4. The molecule has 0 spiro atoms. The first kappa shape index (κ1) is 18.8. The lowest BCUT2D eigenvalue weighted by Crippen LogP contribution is -2.46. The van der Waals surface area contributed by atoms with Crippen molar-refractivity contribution in [2.24, 2.45) is 0 Å². The number of hydrogen-bond donors (Lipinski definition) is 1. The third-order valence-corrected chi connectivity index (χ3v) is 5.66. The second kappa shape index (κ2) is 9.12. The molecule has 1 atom stereocenters. The largest absolute Gasteiger partial charge is 0.473 e. The second-order valence-corrected chi connectivity index (χ2v) is 7.57. The van der Waals surface area contributed by atoms with Crippen molar-refractivity contribution in [2.45, 2.75) is 38.3 Å². The van der Waals surface area contributed by atoms with Crippen molar-refractivity contribution in [3.8, 4) is 5.88 Å². The molecule has 1 aromatic heterocycles. The third-order valence-electron chi connectivity index (χ3n) is 4.53. The summed E-state index contributed by atoms with van der Waals surface area (Å²) in [6.07, 6.45) is 3.98. The highest BCUT2D eigenvalue weighted by molar-refractivity contribution is 7.99. The van der Waals surface area contributed by atoms with Crippen molar-refractivity contribution < 1.29 is 19.1 Å². The number of pyridine rings is 1. The van der Waals surface area contributed by atoms with Crippen molar-refractivity contribution in [2.75, 3.05) is 31.2 Å². The van der Waals surface area contributed by atoms with E-state index in [9.17, 15) is 9.59 Å². The summed E-state index contributed by atoms with van der Waals surface area (Å²) < 4.78 is 10.8. The molecular formula is C18H25N3O4S. The summed E-state index contributed by atoms with van der Waals surface area (Å²) in [5, 5.41) is 3.02. The lowest BCUT2D eigenvalue weighted by atomic mass is 10.0. The van der Waals surface area contributed by atoms with Gasteiger partial charge in [-0.05, 0) is 38.0 Å². The number of nitrogens with one attached hydrogen (secondary N) is 1. The number of hydrogen-bond acceptors (Lipinski definition) is 6. The first-order valence-corrected chi connectivity index (χ1v) is 10.2. The van der Waals surface area contributed by atoms with Gasteiger partial charge in [0, 0.05) is 37.1 Å². The van der Waals surface area contributed by atoms with Crippen molar-refractivity contribution in [3.63, 3.8) is 0 Å². The van der Waals surface area contributed by atoms with Crippen molar-refractivity contribution >= 4 is 23.8 Å². The van der Waals surface area contributed by atoms with Crippen molar-refractivity contribution in [1.29, 1.82) is 0 Å². The highest BCUT2D eigenvalue weighted by Crippen LogP contribution is 2.22. The van der Waals surface area contributed by atoms with E-state index in [0.717, 1.165) is 30.8 Å². The Morgan fingerprint density at radius 2 is 2.12 bits per heavy atom. The molecule has 142 valence electrons. The zero-order chi connectivity index (χ0) is 18.4. The van der Waals surface area contributed by atoms with Crippen LogP contribution in [0.3, 0.4) is 0 Å². The Morgan fingerprint density at radius 3 is 2.73 bits per heavy atom. The number of rotatable bonds is 5. The van der Waals surface area contributed by atoms with Gasteiger partial charge < -0.3 is 19.7 Å². The van der Waals surface area contributed by atoms with Gasteiger partial charge in [0.15, 0.2) is 0 Å². The van der Waals surface area contributed by atoms with Crippen LogP contribution >= 0.6 is 11.8 Å². The van der Waals surface area contributed by atoms with Crippen LogP contribution in [0.25, 0.3) is 0 Å². The van der Waals surface area contributed by atoms with Crippen LogP contribution < -0.4 is 10.1 Å². The van der Waals surface area contributed by atoms with Crippen molar-refractivity contribution in [1.82, 2.24) is 15.2 Å².